The van der Waals surface area contributed by atoms with Crippen LogP contribution in [-0.4, -0.2) is 62.5 Å². The van der Waals surface area contributed by atoms with Crippen LogP contribution in [0.15, 0.2) is 30.3 Å². The Morgan fingerprint density at radius 2 is 1.87 bits per heavy atom. The monoisotopic (exact) mass is 321 g/mol. The predicted octanol–water partition coefficient (Wildman–Crippen LogP) is 2.36. The second kappa shape index (κ2) is 9.01. The second-order valence-corrected chi connectivity index (χ2v) is 5.71. The minimum Gasteiger partial charge on any atom is -0.462 e. The van der Waals surface area contributed by atoms with E-state index in [9.17, 15) is 4.79 Å². The molecule has 1 saturated heterocycles. The van der Waals surface area contributed by atoms with Crippen molar-refractivity contribution in [1.29, 1.82) is 0 Å². The van der Waals surface area contributed by atoms with Gasteiger partial charge in [-0.05, 0) is 39.4 Å². The molecule has 3 atom stereocenters. The van der Waals surface area contributed by atoms with E-state index in [1.54, 1.807) is 12.1 Å². The fourth-order valence-electron chi connectivity index (χ4n) is 3.11. The lowest BCUT2D eigenvalue weighted by Crippen LogP contribution is -2.38. The van der Waals surface area contributed by atoms with Crippen LogP contribution in [0, 0.1) is 0 Å². The van der Waals surface area contributed by atoms with Gasteiger partial charge in [0.25, 0.3) is 0 Å². The molecule has 1 aromatic rings. The quantitative estimate of drug-likeness (QED) is 0.688. The van der Waals surface area contributed by atoms with E-state index >= 15 is 0 Å². The highest BCUT2D eigenvalue weighted by Gasteiger charge is 2.40. The van der Waals surface area contributed by atoms with Crippen LogP contribution in [0.4, 0.5) is 0 Å². The number of likely N-dealkylation sites (tertiary alicyclic amines) is 1. The van der Waals surface area contributed by atoms with Crippen molar-refractivity contribution in [3.8, 4) is 0 Å². The third-order valence-electron chi connectivity index (χ3n) is 4.18. The molecule has 0 bridgehead atoms. The van der Waals surface area contributed by atoms with Crippen LogP contribution in [0.25, 0.3) is 0 Å². The fraction of sp³-hybridized carbons (Fsp3) is 0.611. The number of nitrogens with zero attached hydrogens (tertiary/aromatic N) is 1. The van der Waals surface area contributed by atoms with E-state index in [2.05, 4.69) is 11.9 Å². The molecule has 0 aliphatic carbocycles. The molecular weight excluding hydrogens is 294 g/mol. The summed E-state index contributed by atoms with van der Waals surface area (Å²) in [5, 5.41) is 0. The van der Waals surface area contributed by atoms with Crippen LogP contribution >= 0.6 is 0 Å². The highest BCUT2D eigenvalue weighted by molar-refractivity contribution is 5.89. The van der Waals surface area contributed by atoms with Crippen LogP contribution in [-0.2, 0) is 14.2 Å². The summed E-state index contributed by atoms with van der Waals surface area (Å²) in [5.74, 6) is -0.277. The third kappa shape index (κ3) is 4.77. The minimum absolute atomic E-state index is 0.0281. The Kier molecular flexibility index (Phi) is 7.02. The molecule has 0 amide bonds. The number of rotatable bonds is 8. The first-order valence-corrected chi connectivity index (χ1v) is 8.33. The first-order valence-electron chi connectivity index (χ1n) is 8.33. The molecule has 1 aliphatic rings. The van der Waals surface area contributed by atoms with Crippen molar-refractivity contribution in [1.82, 2.24) is 4.90 Å². The lowest BCUT2D eigenvalue weighted by Gasteiger charge is -2.26. The summed E-state index contributed by atoms with van der Waals surface area (Å²) >= 11 is 0. The maximum absolute atomic E-state index is 12.0. The van der Waals surface area contributed by atoms with Gasteiger partial charge in [-0.15, -0.1) is 0 Å². The van der Waals surface area contributed by atoms with Gasteiger partial charge in [-0.3, -0.25) is 4.90 Å². The smallest absolute Gasteiger partial charge is 0.338 e. The molecule has 1 aliphatic heterocycles. The van der Waals surface area contributed by atoms with Gasteiger partial charge in [0.05, 0.1) is 18.3 Å². The lowest BCUT2D eigenvalue weighted by atomic mass is 10.1. The Balaban J connectivity index is 1.86. The van der Waals surface area contributed by atoms with Crippen molar-refractivity contribution in [3.05, 3.63) is 35.9 Å². The zero-order valence-electron chi connectivity index (χ0n) is 14.2. The molecule has 0 N–H and O–H groups in total. The van der Waals surface area contributed by atoms with Gasteiger partial charge in [0.1, 0.15) is 6.10 Å². The second-order valence-electron chi connectivity index (χ2n) is 5.71. The summed E-state index contributed by atoms with van der Waals surface area (Å²) < 4.78 is 17.1. The first-order chi connectivity index (χ1) is 11.2. The molecule has 0 saturated carbocycles. The number of carbonyl (C=O) groups excluding carboxylic acids is 1. The molecule has 1 aromatic carbocycles. The number of hydrogen-bond donors (Lipinski definition) is 0. The minimum atomic E-state index is -0.277. The number of hydrogen-bond acceptors (Lipinski definition) is 5. The summed E-state index contributed by atoms with van der Waals surface area (Å²) in [6.45, 7) is 6.55. The van der Waals surface area contributed by atoms with Gasteiger partial charge in [-0.1, -0.05) is 18.2 Å². The van der Waals surface area contributed by atoms with Gasteiger partial charge in [0.2, 0.25) is 0 Å². The topological polar surface area (TPSA) is 48.0 Å². The molecule has 2 rings (SSSR count). The molecule has 0 radical (unpaired) electrons. The van der Waals surface area contributed by atoms with E-state index in [0.29, 0.717) is 25.4 Å². The van der Waals surface area contributed by atoms with Crippen molar-refractivity contribution in [2.75, 3.05) is 33.4 Å². The maximum Gasteiger partial charge on any atom is 0.338 e. The Bertz CT molecular complexity index is 479. The summed E-state index contributed by atoms with van der Waals surface area (Å²) in [7, 11) is 2.06. The Hall–Kier alpha value is -1.43. The number of carbonyl (C=O) groups is 1. The van der Waals surface area contributed by atoms with E-state index in [1.165, 1.54) is 0 Å². The number of ether oxygens (including phenoxy) is 3. The van der Waals surface area contributed by atoms with Crippen LogP contribution in [0.2, 0.25) is 0 Å². The summed E-state index contributed by atoms with van der Waals surface area (Å²) in [6.07, 6.45) is 0.851. The van der Waals surface area contributed by atoms with Gasteiger partial charge in [-0.25, -0.2) is 4.79 Å². The number of benzene rings is 1. The van der Waals surface area contributed by atoms with E-state index in [0.717, 1.165) is 13.0 Å². The summed E-state index contributed by atoms with van der Waals surface area (Å²) in [4.78, 5) is 14.2. The third-order valence-corrected chi connectivity index (χ3v) is 4.18. The van der Waals surface area contributed by atoms with Crippen molar-refractivity contribution >= 4 is 5.97 Å². The molecule has 5 heteroatoms. The summed E-state index contributed by atoms with van der Waals surface area (Å²) in [5.41, 5.74) is 0.584. The molecule has 1 heterocycles. The summed E-state index contributed by atoms with van der Waals surface area (Å²) in [6, 6.07) is 9.27. The Morgan fingerprint density at radius 1 is 1.17 bits per heavy atom. The Labute approximate surface area is 138 Å². The molecule has 128 valence electrons. The van der Waals surface area contributed by atoms with Crippen LogP contribution in [0.5, 0.6) is 0 Å². The molecule has 0 spiro atoms. The maximum atomic E-state index is 12.0. The molecule has 23 heavy (non-hydrogen) atoms. The normalized spacial score (nSPS) is 24.7. The van der Waals surface area contributed by atoms with Crippen molar-refractivity contribution < 1.29 is 19.0 Å². The zero-order chi connectivity index (χ0) is 16.7. The lowest BCUT2D eigenvalue weighted by molar-refractivity contribution is -0.0540. The van der Waals surface area contributed by atoms with E-state index in [4.69, 9.17) is 14.2 Å². The molecule has 1 fully saturated rings. The average molecular weight is 321 g/mol. The van der Waals surface area contributed by atoms with Crippen molar-refractivity contribution in [2.24, 2.45) is 0 Å². The highest BCUT2D eigenvalue weighted by Crippen LogP contribution is 2.25. The Morgan fingerprint density at radius 3 is 2.52 bits per heavy atom. The van der Waals surface area contributed by atoms with Gasteiger partial charge in [0.15, 0.2) is 0 Å². The van der Waals surface area contributed by atoms with Crippen LogP contribution < -0.4 is 0 Å². The largest absolute Gasteiger partial charge is 0.462 e. The van der Waals surface area contributed by atoms with E-state index in [1.807, 2.05) is 32.0 Å². The SMILES string of the molecule is CCO[C@@H]1[C@H](OCC)CN(C)[C@H]1CCOC(=O)c1ccccc1. The fourth-order valence-corrected chi connectivity index (χ4v) is 3.11. The first kappa shape index (κ1) is 17.9. The zero-order valence-corrected chi connectivity index (χ0v) is 14.2. The number of likely N-dealkylation sites (N-methyl/N-ethyl adjacent to an activating group) is 1. The van der Waals surface area contributed by atoms with E-state index in [-0.39, 0.29) is 24.2 Å². The molecule has 0 unspecified atom stereocenters. The van der Waals surface area contributed by atoms with Crippen LogP contribution in [0.3, 0.4) is 0 Å². The van der Waals surface area contributed by atoms with Gasteiger partial charge in [-0.2, -0.15) is 0 Å². The highest BCUT2D eigenvalue weighted by atomic mass is 16.5. The van der Waals surface area contributed by atoms with E-state index < -0.39 is 0 Å². The van der Waals surface area contributed by atoms with Crippen molar-refractivity contribution in [2.45, 2.75) is 38.5 Å². The molecule has 5 nitrogen and oxygen atoms in total. The van der Waals surface area contributed by atoms with Gasteiger partial charge >= 0.3 is 5.97 Å². The molecular formula is C18H27NO4. The van der Waals surface area contributed by atoms with Gasteiger partial charge in [0, 0.05) is 25.8 Å². The van der Waals surface area contributed by atoms with Crippen LogP contribution in [0.1, 0.15) is 30.6 Å². The predicted molar refractivity (Wildman–Crippen MR) is 88.6 cm³/mol. The van der Waals surface area contributed by atoms with Gasteiger partial charge < -0.3 is 14.2 Å². The number of esters is 1. The molecule has 0 aromatic heterocycles. The average Bonchev–Trinajstić information content (AvgIpc) is 2.85. The van der Waals surface area contributed by atoms with Crippen molar-refractivity contribution in [3.63, 3.8) is 0 Å². The standard InChI is InChI=1S/C18H27NO4/c1-4-21-16-13-19(3)15(17(16)22-5-2)11-12-23-18(20)14-9-7-6-8-10-14/h6-10,15-17H,4-5,11-13H2,1-3H3/t15-,16+,17-/m0/s1.